The lowest BCUT2D eigenvalue weighted by atomic mass is 10.1. The number of nitrogens with zero attached hydrogens (tertiary/aromatic N) is 2. The number of aromatic nitrogens is 1. The second-order valence-electron chi connectivity index (χ2n) is 4.34. The van der Waals surface area contributed by atoms with Crippen LogP contribution in [0.1, 0.15) is 26.5 Å². The van der Waals surface area contributed by atoms with Gasteiger partial charge in [-0.1, -0.05) is 17.8 Å². The van der Waals surface area contributed by atoms with Crippen molar-refractivity contribution < 1.29 is 27.9 Å². The minimum absolute atomic E-state index is 0.0807. The van der Waals surface area contributed by atoms with Crippen molar-refractivity contribution in [1.82, 2.24) is 4.98 Å². The average Bonchev–Trinajstić information content (AvgIpc) is 3.04. The summed E-state index contributed by atoms with van der Waals surface area (Å²) in [5.74, 6) is -2.72. The van der Waals surface area contributed by atoms with Crippen molar-refractivity contribution in [2.24, 2.45) is 0 Å². The highest BCUT2D eigenvalue weighted by Crippen LogP contribution is 2.35. The van der Waals surface area contributed by atoms with Gasteiger partial charge in [-0.3, -0.25) is 9.59 Å². The summed E-state index contributed by atoms with van der Waals surface area (Å²) in [5.41, 5.74) is -2.46. The van der Waals surface area contributed by atoms with Gasteiger partial charge in [0.15, 0.2) is 5.69 Å². The van der Waals surface area contributed by atoms with Crippen molar-refractivity contribution >= 4 is 34.9 Å². The predicted molar refractivity (Wildman–Crippen MR) is 80.1 cm³/mol. The van der Waals surface area contributed by atoms with Gasteiger partial charge in [-0.2, -0.15) is 18.4 Å². The highest BCUT2D eigenvalue weighted by molar-refractivity contribution is 7.99. The molecule has 5 nitrogen and oxygen atoms in total. The molecule has 2 rings (SSSR count). The van der Waals surface area contributed by atoms with Crippen LogP contribution in [-0.2, 0) is 11.0 Å². The third-order valence-electron chi connectivity index (χ3n) is 2.70. The van der Waals surface area contributed by atoms with Crippen LogP contribution in [0.15, 0.2) is 28.6 Å². The Morgan fingerprint density at radius 1 is 1.42 bits per heavy atom. The van der Waals surface area contributed by atoms with Crippen LogP contribution in [0.3, 0.4) is 0 Å². The number of ketones is 1. The second kappa shape index (κ2) is 7.02. The van der Waals surface area contributed by atoms with Crippen LogP contribution >= 0.6 is 23.1 Å². The second-order valence-corrected chi connectivity index (χ2v) is 6.25. The first-order chi connectivity index (χ1) is 11.2. The van der Waals surface area contributed by atoms with Gasteiger partial charge in [-0.05, 0) is 17.5 Å². The Morgan fingerprint density at radius 3 is 2.62 bits per heavy atom. The van der Waals surface area contributed by atoms with Crippen molar-refractivity contribution in [1.29, 1.82) is 5.26 Å². The Balaban J connectivity index is 2.59. The highest BCUT2D eigenvalue weighted by Gasteiger charge is 2.38. The minimum Gasteiger partial charge on any atom is -0.481 e. The maximum atomic E-state index is 13.2. The van der Waals surface area contributed by atoms with E-state index in [1.165, 1.54) is 17.5 Å². The third-order valence-corrected chi connectivity index (χ3v) is 4.54. The van der Waals surface area contributed by atoms with Crippen molar-refractivity contribution in [3.63, 3.8) is 0 Å². The Hall–Kier alpha value is -2.38. The molecule has 2 aromatic rings. The normalized spacial score (nSPS) is 11.1. The molecule has 0 spiro atoms. The van der Waals surface area contributed by atoms with Gasteiger partial charge in [0.25, 0.3) is 0 Å². The minimum atomic E-state index is -4.92. The lowest BCUT2D eigenvalue weighted by Crippen LogP contribution is -2.17. The van der Waals surface area contributed by atoms with E-state index in [-0.39, 0.29) is 15.5 Å². The molecule has 24 heavy (non-hydrogen) atoms. The van der Waals surface area contributed by atoms with Crippen LogP contribution < -0.4 is 0 Å². The Bertz CT molecular complexity index is 827. The number of nitriles is 1. The van der Waals surface area contributed by atoms with Crippen molar-refractivity contribution in [2.75, 3.05) is 5.75 Å². The number of carboxylic acids is 1. The lowest BCUT2D eigenvalue weighted by molar-refractivity contribution is -0.141. The number of carbonyl (C=O) groups is 2. The van der Waals surface area contributed by atoms with E-state index in [0.29, 0.717) is 11.8 Å². The topological polar surface area (TPSA) is 91.0 Å². The molecule has 0 atom stereocenters. The van der Waals surface area contributed by atoms with E-state index in [1.807, 2.05) is 0 Å². The van der Waals surface area contributed by atoms with E-state index in [9.17, 15) is 22.8 Å². The Labute approximate surface area is 141 Å². The number of rotatable bonds is 5. The summed E-state index contributed by atoms with van der Waals surface area (Å²) in [5, 5.41) is 18.9. The monoisotopic (exact) mass is 372 g/mol. The first-order valence-electron chi connectivity index (χ1n) is 6.19. The molecule has 2 aromatic heterocycles. The van der Waals surface area contributed by atoms with Crippen molar-refractivity contribution in [3.05, 3.63) is 45.3 Å². The van der Waals surface area contributed by atoms with Gasteiger partial charge in [-0.15, -0.1) is 11.3 Å². The number of carboxylic acid groups (broad SMARTS) is 1. The molecule has 0 aromatic carbocycles. The SMILES string of the molecule is N#Cc1cc(C(=O)c2cccs2)c(C(F)(F)F)nc1SCC(=O)O. The standard InChI is InChI=1S/C14H7F3N2O3S2/c15-14(16,17)12-8(11(22)9-2-1-3-23-9)4-7(5-18)13(19-12)24-6-10(20)21/h1-4H,6H2,(H,20,21). The smallest absolute Gasteiger partial charge is 0.434 e. The third kappa shape index (κ3) is 3.93. The highest BCUT2D eigenvalue weighted by atomic mass is 32.2. The number of thiophene rings is 1. The zero-order valence-corrected chi connectivity index (χ0v) is 13.3. The number of aliphatic carboxylic acids is 1. The molecule has 0 bridgehead atoms. The predicted octanol–water partition coefficient (Wildman–Crippen LogP) is 3.44. The fourth-order valence-corrected chi connectivity index (χ4v) is 3.10. The van der Waals surface area contributed by atoms with Gasteiger partial charge in [0.2, 0.25) is 5.78 Å². The summed E-state index contributed by atoms with van der Waals surface area (Å²) in [6.07, 6.45) is -4.92. The molecule has 0 unspecified atom stereocenters. The summed E-state index contributed by atoms with van der Waals surface area (Å²) >= 11 is 1.45. The summed E-state index contributed by atoms with van der Waals surface area (Å²) < 4.78 is 39.7. The molecule has 0 saturated heterocycles. The largest absolute Gasteiger partial charge is 0.481 e. The molecular formula is C14H7F3N2O3S2. The van der Waals surface area contributed by atoms with Crippen molar-refractivity contribution in [3.8, 4) is 6.07 Å². The van der Waals surface area contributed by atoms with E-state index in [1.54, 1.807) is 6.07 Å². The van der Waals surface area contributed by atoms with E-state index in [0.717, 1.165) is 17.4 Å². The van der Waals surface area contributed by atoms with E-state index in [2.05, 4.69) is 4.98 Å². The van der Waals surface area contributed by atoms with Crippen LogP contribution in [0.5, 0.6) is 0 Å². The molecule has 0 amide bonds. The Morgan fingerprint density at radius 2 is 2.12 bits per heavy atom. The zero-order valence-electron chi connectivity index (χ0n) is 11.6. The number of carbonyl (C=O) groups excluding carboxylic acids is 1. The summed E-state index contributed by atoms with van der Waals surface area (Å²) in [6, 6.07) is 5.34. The molecule has 0 fully saturated rings. The number of hydrogen-bond acceptors (Lipinski definition) is 6. The number of alkyl halides is 3. The molecule has 2 heterocycles. The molecule has 124 valence electrons. The molecule has 0 aliphatic carbocycles. The number of thioether (sulfide) groups is 1. The fourth-order valence-electron chi connectivity index (χ4n) is 1.75. The quantitative estimate of drug-likeness (QED) is 0.639. The first kappa shape index (κ1) is 18.0. The van der Waals surface area contributed by atoms with Gasteiger partial charge in [0.1, 0.15) is 11.1 Å². The number of halogens is 3. The molecule has 0 aliphatic heterocycles. The van der Waals surface area contributed by atoms with Crippen molar-refractivity contribution in [2.45, 2.75) is 11.2 Å². The molecule has 0 aliphatic rings. The van der Waals surface area contributed by atoms with Crippen LogP contribution in [-0.4, -0.2) is 27.6 Å². The molecule has 0 radical (unpaired) electrons. The molecule has 1 N–H and O–H groups in total. The zero-order chi connectivity index (χ0) is 17.9. The average molecular weight is 372 g/mol. The van der Waals surface area contributed by atoms with Gasteiger partial charge >= 0.3 is 12.1 Å². The summed E-state index contributed by atoms with van der Waals surface area (Å²) in [7, 11) is 0. The fraction of sp³-hybridized carbons (Fsp3) is 0.143. The summed E-state index contributed by atoms with van der Waals surface area (Å²) in [4.78, 5) is 26.3. The van der Waals surface area contributed by atoms with E-state index < -0.39 is 34.9 Å². The Kier molecular flexibility index (Phi) is 5.26. The maximum Gasteiger partial charge on any atom is 0.434 e. The molecule has 0 saturated carbocycles. The summed E-state index contributed by atoms with van der Waals surface area (Å²) in [6.45, 7) is 0. The van der Waals surface area contributed by atoms with Crippen LogP contribution in [0.25, 0.3) is 0 Å². The maximum absolute atomic E-state index is 13.2. The van der Waals surface area contributed by atoms with Gasteiger partial charge in [0, 0.05) is 0 Å². The van der Waals surface area contributed by atoms with E-state index in [4.69, 9.17) is 10.4 Å². The number of pyridine rings is 1. The van der Waals surface area contributed by atoms with Gasteiger partial charge < -0.3 is 5.11 Å². The van der Waals surface area contributed by atoms with Crippen LogP contribution in [0, 0.1) is 11.3 Å². The first-order valence-corrected chi connectivity index (χ1v) is 8.05. The van der Waals surface area contributed by atoms with Crippen LogP contribution in [0.4, 0.5) is 13.2 Å². The van der Waals surface area contributed by atoms with Gasteiger partial charge in [-0.25, -0.2) is 4.98 Å². The number of hydrogen-bond donors (Lipinski definition) is 1. The van der Waals surface area contributed by atoms with Gasteiger partial charge in [0.05, 0.1) is 21.8 Å². The van der Waals surface area contributed by atoms with E-state index >= 15 is 0 Å². The van der Waals surface area contributed by atoms with Crippen LogP contribution in [0.2, 0.25) is 0 Å². The molecule has 10 heteroatoms. The lowest BCUT2D eigenvalue weighted by Gasteiger charge is -2.13. The molecular weight excluding hydrogens is 365 g/mol.